The van der Waals surface area contributed by atoms with E-state index in [0.29, 0.717) is 37.0 Å². The average molecular weight is 409 g/mol. The minimum absolute atomic E-state index is 0.0137. The molecule has 1 aromatic carbocycles. The highest BCUT2D eigenvalue weighted by Gasteiger charge is 2.42. The molecule has 1 aromatic rings. The summed E-state index contributed by atoms with van der Waals surface area (Å²) >= 11 is 6.17. The van der Waals surface area contributed by atoms with Crippen molar-refractivity contribution in [3.05, 3.63) is 22.7 Å². The largest absolute Gasteiger partial charge is 0.495 e. The second-order valence-corrected chi connectivity index (χ2v) is 7.79. The predicted molar refractivity (Wildman–Crippen MR) is 106 cm³/mol. The van der Waals surface area contributed by atoms with Gasteiger partial charge in [0.05, 0.1) is 12.1 Å². The Morgan fingerprint density at radius 1 is 1.25 bits per heavy atom. The molecule has 4 amide bonds. The maximum Gasteiger partial charge on any atom is 0.322 e. The highest BCUT2D eigenvalue weighted by atomic mass is 35.5. The van der Waals surface area contributed by atoms with Crippen molar-refractivity contribution in [2.45, 2.75) is 32.2 Å². The first-order valence-corrected chi connectivity index (χ1v) is 9.62. The number of imide groups is 1. The summed E-state index contributed by atoms with van der Waals surface area (Å²) in [6, 6.07) is 3.30. The molecule has 2 heterocycles. The van der Waals surface area contributed by atoms with E-state index in [4.69, 9.17) is 16.3 Å². The molecule has 2 aliphatic rings. The number of anilines is 1. The van der Waals surface area contributed by atoms with Gasteiger partial charge in [-0.3, -0.25) is 14.9 Å². The molecule has 0 saturated carbocycles. The molecule has 0 radical (unpaired) electrons. The van der Waals surface area contributed by atoms with Crippen molar-refractivity contribution < 1.29 is 19.1 Å². The number of urea groups is 1. The summed E-state index contributed by atoms with van der Waals surface area (Å²) in [6.45, 7) is 6.23. The number of hydrogen-bond donors (Lipinski definition) is 2. The lowest BCUT2D eigenvalue weighted by Crippen LogP contribution is -2.50. The number of benzene rings is 1. The van der Waals surface area contributed by atoms with Gasteiger partial charge in [-0.05, 0) is 31.9 Å². The summed E-state index contributed by atoms with van der Waals surface area (Å²) < 4.78 is 5.31. The molecular weight excluding hydrogens is 384 g/mol. The van der Waals surface area contributed by atoms with Crippen LogP contribution in [0.2, 0.25) is 5.02 Å². The van der Waals surface area contributed by atoms with E-state index < -0.39 is 11.6 Å². The van der Waals surface area contributed by atoms with Gasteiger partial charge in [-0.1, -0.05) is 11.6 Å². The molecule has 0 spiro atoms. The van der Waals surface area contributed by atoms with Gasteiger partial charge in [0.15, 0.2) is 0 Å². The monoisotopic (exact) mass is 408 g/mol. The van der Waals surface area contributed by atoms with Crippen LogP contribution in [0.15, 0.2) is 12.1 Å². The fraction of sp³-hybridized carbons (Fsp3) is 0.526. The Hall–Kier alpha value is -2.48. The molecule has 9 heteroatoms. The van der Waals surface area contributed by atoms with E-state index in [0.717, 1.165) is 11.3 Å². The summed E-state index contributed by atoms with van der Waals surface area (Å²) in [5.41, 5.74) is 1.08. The SMILES string of the molecule is COc1cc(N2CCN(C(=O)CCC3(C)NC(=O)NC3=O)CC2)c(C)cc1Cl. The number of piperazine rings is 1. The van der Waals surface area contributed by atoms with Gasteiger partial charge >= 0.3 is 6.03 Å². The lowest BCUT2D eigenvalue weighted by molar-refractivity contribution is -0.132. The van der Waals surface area contributed by atoms with Crippen molar-refractivity contribution >= 4 is 35.1 Å². The first kappa shape index (κ1) is 20.3. The summed E-state index contributed by atoms with van der Waals surface area (Å²) in [7, 11) is 1.59. The molecule has 0 aliphatic carbocycles. The van der Waals surface area contributed by atoms with Gasteiger partial charge in [0.25, 0.3) is 5.91 Å². The topological polar surface area (TPSA) is 91.0 Å². The Morgan fingerprint density at radius 3 is 2.50 bits per heavy atom. The second-order valence-electron chi connectivity index (χ2n) is 7.38. The molecule has 152 valence electrons. The lowest BCUT2D eigenvalue weighted by Gasteiger charge is -2.37. The molecule has 0 bridgehead atoms. The fourth-order valence-corrected chi connectivity index (χ4v) is 3.90. The summed E-state index contributed by atoms with van der Waals surface area (Å²) in [5.74, 6) is 0.230. The average Bonchev–Trinajstić information content (AvgIpc) is 2.92. The number of amides is 4. The molecule has 0 aromatic heterocycles. The highest BCUT2D eigenvalue weighted by molar-refractivity contribution is 6.32. The van der Waals surface area contributed by atoms with Gasteiger partial charge in [0.1, 0.15) is 11.3 Å². The Bertz CT molecular complexity index is 807. The van der Waals surface area contributed by atoms with Crippen LogP contribution in [0.25, 0.3) is 0 Å². The van der Waals surface area contributed by atoms with Crippen LogP contribution in [0.1, 0.15) is 25.3 Å². The number of methoxy groups -OCH3 is 1. The Balaban J connectivity index is 1.56. The van der Waals surface area contributed by atoms with E-state index >= 15 is 0 Å². The van der Waals surface area contributed by atoms with E-state index in [1.54, 1.807) is 18.9 Å². The van der Waals surface area contributed by atoms with E-state index in [-0.39, 0.29) is 24.7 Å². The van der Waals surface area contributed by atoms with Crippen molar-refractivity contribution in [2.75, 3.05) is 38.2 Å². The molecule has 1 unspecified atom stereocenters. The number of nitrogens with one attached hydrogen (secondary N) is 2. The number of hydrogen-bond acceptors (Lipinski definition) is 5. The van der Waals surface area contributed by atoms with Gasteiger partial charge in [-0.25, -0.2) is 4.79 Å². The summed E-state index contributed by atoms with van der Waals surface area (Å²) in [4.78, 5) is 39.8. The molecule has 1 atom stereocenters. The first-order chi connectivity index (χ1) is 13.2. The van der Waals surface area contributed by atoms with Crippen LogP contribution in [-0.4, -0.2) is 61.6 Å². The van der Waals surface area contributed by atoms with E-state index in [1.807, 2.05) is 19.1 Å². The fourth-order valence-electron chi connectivity index (χ4n) is 3.61. The minimum Gasteiger partial charge on any atom is -0.495 e. The maximum atomic E-state index is 12.6. The van der Waals surface area contributed by atoms with Crippen LogP contribution >= 0.6 is 11.6 Å². The van der Waals surface area contributed by atoms with Crippen molar-refractivity contribution in [3.8, 4) is 5.75 Å². The zero-order chi connectivity index (χ0) is 20.5. The van der Waals surface area contributed by atoms with Crippen molar-refractivity contribution in [2.24, 2.45) is 0 Å². The number of nitrogens with zero attached hydrogens (tertiary/aromatic N) is 2. The molecule has 8 nitrogen and oxygen atoms in total. The van der Waals surface area contributed by atoms with Gasteiger partial charge in [0, 0.05) is 44.4 Å². The van der Waals surface area contributed by atoms with Gasteiger partial charge < -0.3 is 19.9 Å². The number of aryl methyl sites for hydroxylation is 1. The lowest BCUT2D eigenvalue weighted by atomic mass is 9.96. The highest BCUT2D eigenvalue weighted by Crippen LogP contribution is 2.33. The molecule has 2 saturated heterocycles. The van der Waals surface area contributed by atoms with E-state index in [1.165, 1.54) is 0 Å². The third-order valence-electron chi connectivity index (χ3n) is 5.40. The van der Waals surface area contributed by atoms with Crippen molar-refractivity contribution in [1.29, 1.82) is 0 Å². The molecular formula is C19H25ClN4O4. The number of carbonyl (C=O) groups excluding carboxylic acids is 3. The zero-order valence-corrected chi connectivity index (χ0v) is 17.1. The molecule has 2 N–H and O–H groups in total. The first-order valence-electron chi connectivity index (χ1n) is 9.24. The number of ether oxygens (including phenoxy) is 1. The van der Waals surface area contributed by atoms with E-state index in [9.17, 15) is 14.4 Å². The number of rotatable bonds is 5. The van der Waals surface area contributed by atoms with Crippen LogP contribution in [0.5, 0.6) is 5.75 Å². The summed E-state index contributed by atoms with van der Waals surface area (Å²) in [6.07, 6.45) is 0.481. The van der Waals surface area contributed by atoms with Crippen molar-refractivity contribution in [1.82, 2.24) is 15.5 Å². The minimum atomic E-state index is -1.02. The van der Waals surface area contributed by atoms with Crippen molar-refractivity contribution in [3.63, 3.8) is 0 Å². The Labute approximate surface area is 169 Å². The normalized spacial score (nSPS) is 22.1. The summed E-state index contributed by atoms with van der Waals surface area (Å²) in [5, 5.41) is 5.38. The van der Waals surface area contributed by atoms with Crippen LogP contribution in [0.3, 0.4) is 0 Å². The third kappa shape index (κ3) is 4.01. The van der Waals surface area contributed by atoms with E-state index in [2.05, 4.69) is 15.5 Å². The molecule has 3 rings (SSSR count). The van der Waals surface area contributed by atoms with Gasteiger partial charge in [-0.2, -0.15) is 0 Å². The Morgan fingerprint density at radius 2 is 1.93 bits per heavy atom. The number of halogens is 1. The second kappa shape index (κ2) is 7.87. The van der Waals surface area contributed by atoms with Gasteiger partial charge in [-0.15, -0.1) is 0 Å². The number of carbonyl (C=O) groups is 3. The zero-order valence-electron chi connectivity index (χ0n) is 16.3. The Kier molecular flexibility index (Phi) is 5.69. The standard InChI is InChI=1S/C19H25ClN4O4/c1-12-10-13(20)15(28-3)11-14(12)23-6-8-24(9-7-23)16(25)4-5-19(2)17(26)21-18(27)22-19/h10-11H,4-9H2,1-3H3,(H2,21,22,26,27). The van der Waals surface area contributed by atoms with Crippen LogP contribution in [-0.2, 0) is 9.59 Å². The molecule has 2 aliphatic heterocycles. The van der Waals surface area contributed by atoms with Crippen LogP contribution < -0.4 is 20.3 Å². The third-order valence-corrected chi connectivity index (χ3v) is 5.70. The molecule has 28 heavy (non-hydrogen) atoms. The smallest absolute Gasteiger partial charge is 0.322 e. The van der Waals surface area contributed by atoms with Gasteiger partial charge in [0.2, 0.25) is 5.91 Å². The predicted octanol–water partition coefficient (Wildman–Crippen LogP) is 1.68. The maximum absolute atomic E-state index is 12.6. The molecule has 2 fully saturated rings. The van der Waals surface area contributed by atoms with Crippen LogP contribution in [0.4, 0.5) is 10.5 Å². The quantitative estimate of drug-likeness (QED) is 0.723. The van der Waals surface area contributed by atoms with Crippen LogP contribution in [0, 0.1) is 6.92 Å².